The van der Waals surface area contributed by atoms with E-state index in [1.165, 1.54) is 0 Å². The van der Waals surface area contributed by atoms with Crippen LogP contribution in [0.15, 0.2) is 24.4 Å². The molecular weight excluding hydrogens is 202 g/mol. The number of hydrogen-bond acceptors (Lipinski definition) is 4. The minimum Gasteiger partial charge on any atom is -0.313 e. The lowest BCUT2D eigenvalue weighted by atomic mass is 10.1. The molecule has 0 spiro atoms. The van der Waals surface area contributed by atoms with Crippen molar-refractivity contribution < 1.29 is 0 Å². The second-order valence-corrected chi connectivity index (χ2v) is 3.97. The lowest BCUT2D eigenvalue weighted by Gasteiger charge is -2.30. The Morgan fingerprint density at radius 3 is 2.81 bits per heavy atom. The van der Waals surface area contributed by atoms with Crippen LogP contribution in [0, 0.1) is 6.92 Å². The summed E-state index contributed by atoms with van der Waals surface area (Å²) >= 11 is 0. The molecule has 2 aromatic rings. The molecule has 0 unspecified atom stereocenters. The van der Waals surface area contributed by atoms with Gasteiger partial charge >= 0.3 is 0 Å². The Morgan fingerprint density at radius 2 is 2.19 bits per heavy atom. The lowest BCUT2D eigenvalue weighted by Crippen LogP contribution is -2.44. The van der Waals surface area contributed by atoms with Crippen LogP contribution in [0.2, 0.25) is 0 Å². The van der Waals surface area contributed by atoms with E-state index in [9.17, 15) is 0 Å². The Bertz CT molecular complexity index is 486. The molecule has 0 radical (unpaired) electrons. The Balaban J connectivity index is 2.07. The zero-order chi connectivity index (χ0) is 11.0. The second kappa shape index (κ2) is 3.68. The molecule has 0 atom stereocenters. The van der Waals surface area contributed by atoms with Gasteiger partial charge in [-0.15, -0.1) is 10.2 Å². The van der Waals surface area contributed by atoms with E-state index >= 15 is 0 Å². The van der Waals surface area contributed by atoms with E-state index in [1.54, 1.807) is 6.20 Å². The predicted octanol–water partition coefficient (Wildman–Crippen LogP) is 0.793. The summed E-state index contributed by atoms with van der Waals surface area (Å²) in [4.78, 5) is 4.32. The molecule has 2 aromatic heterocycles. The van der Waals surface area contributed by atoms with Crippen molar-refractivity contribution >= 4 is 0 Å². The van der Waals surface area contributed by atoms with Gasteiger partial charge in [0.25, 0.3) is 0 Å². The van der Waals surface area contributed by atoms with Crippen LogP contribution in [-0.4, -0.2) is 32.8 Å². The van der Waals surface area contributed by atoms with Crippen LogP contribution in [0.3, 0.4) is 0 Å². The molecule has 16 heavy (non-hydrogen) atoms. The molecule has 1 saturated heterocycles. The van der Waals surface area contributed by atoms with Gasteiger partial charge in [0.15, 0.2) is 5.82 Å². The summed E-state index contributed by atoms with van der Waals surface area (Å²) in [6, 6.07) is 6.30. The van der Waals surface area contributed by atoms with Gasteiger partial charge in [-0.3, -0.25) is 4.98 Å². The molecule has 3 rings (SSSR count). The van der Waals surface area contributed by atoms with Gasteiger partial charge in [0.05, 0.1) is 6.04 Å². The Labute approximate surface area is 93.5 Å². The summed E-state index contributed by atoms with van der Waals surface area (Å²) in [6.45, 7) is 3.95. The first-order chi connectivity index (χ1) is 7.86. The van der Waals surface area contributed by atoms with E-state index in [2.05, 4.69) is 25.1 Å². The van der Waals surface area contributed by atoms with E-state index < -0.39 is 0 Å². The van der Waals surface area contributed by atoms with Gasteiger partial charge in [-0.2, -0.15) is 0 Å². The zero-order valence-corrected chi connectivity index (χ0v) is 9.09. The Morgan fingerprint density at radius 1 is 1.31 bits per heavy atom. The predicted molar refractivity (Wildman–Crippen MR) is 59.9 cm³/mol. The second-order valence-electron chi connectivity index (χ2n) is 3.97. The summed E-state index contributed by atoms with van der Waals surface area (Å²) in [5, 5.41) is 11.6. The fraction of sp³-hybridized carbons (Fsp3) is 0.364. The van der Waals surface area contributed by atoms with E-state index in [-0.39, 0.29) is 0 Å². The van der Waals surface area contributed by atoms with Crippen molar-refractivity contribution in [1.82, 2.24) is 25.1 Å². The van der Waals surface area contributed by atoms with Gasteiger partial charge in [-0.1, -0.05) is 6.07 Å². The molecule has 5 heteroatoms. The third-order valence-corrected chi connectivity index (χ3v) is 2.89. The van der Waals surface area contributed by atoms with Crippen LogP contribution in [0.1, 0.15) is 11.9 Å². The molecule has 0 saturated carbocycles. The third kappa shape index (κ3) is 1.40. The Kier molecular flexibility index (Phi) is 2.18. The summed E-state index contributed by atoms with van der Waals surface area (Å²) in [5.74, 6) is 1.82. The van der Waals surface area contributed by atoms with Crippen LogP contribution >= 0.6 is 0 Å². The number of aromatic nitrogens is 4. The quantitative estimate of drug-likeness (QED) is 0.804. The molecule has 1 N–H and O–H groups in total. The van der Waals surface area contributed by atoms with Crippen LogP contribution < -0.4 is 5.32 Å². The van der Waals surface area contributed by atoms with Crippen LogP contribution in [0.25, 0.3) is 11.5 Å². The maximum Gasteiger partial charge on any atom is 0.182 e. The summed E-state index contributed by atoms with van der Waals surface area (Å²) < 4.78 is 2.17. The monoisotopic (exact) mass is 215 g/mol. The molecule has 1 fully saturated rings. The average Bonchev–Trinajstić information content (AvgIpc) is 2.60. The molecular formula is C11H13N5. The van der Waals surface area contributed by atoms with Crippen molar-refractivity contribution in [1.29, 1.82) is 0 Å². The van der Waals surface area contributed by atoms with E-state index in [0.29, 0.717) is 6.04 Å². The molecule has 0 amide bonds. The normalized spacial score (nSPS) is 16.1. The zero-order valence-electron chi connectivity index (χ0n) is 9.09. The number of aryl methyl sites for hydroxylation is 1. The maximum absolute atomic E-state index is 4.32. The first-order valence-corrected chi connectivity index (χ1v) is 5.40. The van der Waals surface area contributed by atoms with E-state index in [4.69, 9.17) is 0 Å². The topological polar surface area (TPSA) is 55.6 Å². The molecule has 1 aliphatic heterocycles. The minimum atomic E-state index is 0.465. The molecule has 5 nitrogen and oxygen atoms in total. The molecule has 82 valence electrons. The van der Waals surface area contributed by atoms with Gasteiger partial charge in [0, 0.05) is 19.3 Å². The fourth-order valence-corrected chi connectivity index (χ4v) is 1.93. The maximum atomic E-state index is 4.32. The SMILES string of the molecule is Cc1nnc(-c2ccccn2)n1C1CNC1. The number of hydrogen-bond donors (Lipinski definition) is 1. The summed E-state index contributed by atoms with van der Waals surface area (Å²) in [7, 11) is 0. The number of rotatable bonds is 2. The number of nitrogens with one attached hydrogen (secondary N) is 1. The van der Waals surface area contributed by atoms with Crippen molar-refractivity contribution in [3.05, 3.63) is 30.2 Å². The highest BCUT2D eigenvalue weighted by Crippen LogP contribution is 2.22. The van der Waals surface area contributed by atoms with Gasteiger partial charge in [0.2, 0.25) is 0 Å². The standard InChI is InChI=1S/C11H13N5/c1-8-14-15-11(10-4-2-3-5-13-10)16(8)9-6-12-7-9/h2-5,9,12H,6-7H2,1H3. The van der Waals surface area contributed by atoms with Crippen LogP contribution in [0.4, 0.5) is 0 Å². The van der Waals surface area contributed by atoms with Gasteiger partial charge in [-0.05, 0) is 19.1 Å². The number of pyridine rings is 1. The van der Waals surface area contributed by atoms with E-state index in [0.717, 1.165) is 30.4 Å². The summed E-state index contributed by atoms with van der Waals surface area (Å²) in [6.07, 6.45) is 1.78. The summed E-state index contributed by atoms with van der Waals surface area (Å²) in [5.41, 5.74) is 0.884. The largest absolute Gasteiger partial charge is 0.313 e. The highest BCUT2D eigenvalue weighted by atomic mass is 15.3. The third-order valence-electron chi connectivity index (χ3n) is 2.89. The highest BCUT2D eigenvalue weighted by molar-refractivity contribution is 5.49. The first kappa shape index (κ1) is 9.47. The molecule has 0 aromatic carbocycles. The van der Waals surface area contributed by atoms with Gasteiger partial charge < -0.3 is 9.88 Å². The fourth-order valence-electron chi connectivity index (χ4n) is 1.93. The Hall–Kier alpha value is -1.75. The van der Waals surface area contributed by atoms with Gasteiger partial charge in [0.1, 0.15) is 11.5 Å². The highest BCUT2D eigenvalue weighted by Gasteiger charge is 2.24. The smallest absolute Gasteiger partial charge is 0.182 e. The molecule has 0 aliphatic carbocycles. The van der Waals surface area contributed by atoms with Crippen molar-refractivity contribution in [2.75, 3.05) is 13.1 Å². The molecule has 0 bridgehead atoms. The molecule has 3 heterocycles. The van der Waals surface area contributed by atoms with Crippen molar-refractivity contribution in [3.63, 3.8) is 0 Å². The van der Waals surface area contributed by atoms with Crippen LogP contribution in [0.5, 0.6) is 0 Å². The van der Waals surface area contributed by atoms with Crippen molar-refractivity contribution in [3.8, 4) is 11.5 Å². The van der Waals surface area contributed by atoms with Crippen molar-refractivity contribution in [2.45, 2.75) is 13.0 Å². The average molecular weight is 215 g/mol. The number of nitrogens with zero attached hydrogens (tertiary/aromatic N) is 4. The van der Waals surface area contributed by atoms with Crippen LogP contribution in [-0.2, 0) is 0 Å². The van der Waals surface area contributed by atoms with Gasteiger partial charge in [-0.25, -0.2) is 0 Å². The molecule has 1 aliphatic rings. The first-order valence-electron chi connectivity index (χ1n) is 5.40. The lowest BCUT2D eigenvalue weighted by molar-refractivity contribution is 0.340. The minimum absolute atomic E-state index is 0.465. The van der Waals surface area contributed by atoms with Crippen molar-refractivity contribution in [2.24, 2.45) is 0 Å². The van der Waals surface area contributed by atoms with E-state index in [1.807, 2.05) is 25.1 Å².